The van der Waals surface area contributed by atoms with Crippen molar-refractivity contribution in [2.45, 2.75) is 43.8 Å². The summed E-state index contributed by atoms with van der Waals surface area (Å²) in [6.07, 6.45) is 4.64. The van der Waals surface area contributed by atoms with Gasteiger partial charge in [0.2, 0.25) is 0 Å². The van der Waals surface area contributed by atoms with E-state index in [1.54, 1.807) is 6.92 Å². The van der Waals surface area contributed by atoms with E-state index in [4.69, 9.17) is 0 Å². The Kier molecular flexibility index (Phi) is 3.62. The molecule has 76 valence electrons. The lowest BCUT2D eigenvalue weighted by atomic mass is 9.81. The highest BCUT2D eigenvalue weighted by molar-refractivity contribution is 7.80. The van der Waals surface area contributed by atoms with Crippen molar-refractivity contribution in [3.05, 3.63) is 0 Å². The van der Waals surface area contributed by atoms with Gasteiger partial charge in [-0.1, -0.05) is 0 Å². The molecule has 1 saturated carbocycles. The molecule has 0 bridgehead atoms. The van der Waals surface area contributed by atoms with Crippen LogP contribution in [-0.4, -0.2) is 19.8 Å². The van der Waals surface area contributed by atoms with Gasteiger partial charge in [-0.2, -0.15) is 0 Å². The minimum absolute atomic E-state index is 0.411. The molecule has 0 aromatic carbocycles. The van der Waals surface area contributed by atoms with Gasteiger partial charge >= 0.3 is 0 Å². The van der Waals surface area contributed by atoms with Gasteiger partial charge in [0, 0.05) is 11.2 Å². The second-order valence-electron chi connectivity index (χ2n) is 4.03. The summed E-state index contributed by atoms with van der Waals surface area (Å²) in [6.45, 7) is 1.78. The average molecular weight is 203 g/mol. The zero-order valence-electron chi connectivity index (χ0n) is 7.82. The van der Waals surface area contributed by atoms with E-state index < -0.39 is 15.8 Å². The van der Waals surface area contributed by atoms with Crippen LogP contribution in [0.2, 0.25) is 0 Å². The summed E-state index contributed by atoms with van der Waals surface area (Å²) < 4.78 is 21.2. The molecule has 0 aliphatic heterocycles. The Morgan fingerprint density at radius 1 is 1.54 bits per heavy atom. The number of carbonyl (C=O) groups is 1. The topological polar surface area (TPSA) is 57.2 Å². The van der Waals surface area contributed by atoms with Gasteiger partial charge in [-0.15, -0.1) is 0 Å². The maximum absolute atomic E-state index is 10.9. The van der Waals surface area contributed by atoms with Crippen LogP contribution in [0.5, 0.6) is 0 Å². The fourth-order valence-electron chi connectivity index (χ4n) is 1.83. The van der Waals surface area contributed by atoms with Gasteiger partial charge < -0.3 is 9.35 Å². The van der Waals surface area contributed by atoms with Crippen LogP contribution in [0.1, 0.15) is 39.0 Å². The first-order valence-electron chi connectivity index (χ1n) is 4.61. The van der Waals surface area contributed by atoms with E-state index in [2.05, 4.69) is 0 Å². The molecule has 1 fully saturated rings. The Hall–Kier alpha value is -0.220. The third-order valence-electron chi connectivity index (χ3n) is 2.99. The van der Waals surface area contributed by atoms with Crippen molar-refractivity contribution in [2.75, 3.05) is 0 Å². The molecular weight excluding hydrogens is 188 g/mol. The first kappa shape index (κ1) is 10.9. The molecule has 0 radical (unpaired) electrons. The van der Waals surface area contributed by atoms with Crippen LogP contribution in [0.3, 0.4) is 0 Å². The summed E-state index contributed by atoms with van der Waals surface area (Å²) >= 11 is -1.97. The molecule has 0 N–H and O–H groups in total. The number of hydrogen-bond donors (Lipinski definition) is 0. The lowest BCUT2D eigenvalue weighted by Gasteiger charge is -2.38. The van der Waals surface area contributed by atoms with Gasteiger partial charge in [0.15, 0.2) is 0 Å². The van der Waals surface area contributed by atoms with Gasteiger partial charge in [0.1, 0.15) is 6.29 Å². The molecule has 1 aliphatic rings. The summed E-state index contributed by atoms with van der Waals surface area (Å²) in [6, 6.07) is 0. The third-order valence-corrected chi connectivity index (χ3v) is 4.21. The molecule has 0 heterocycles. The summed E-state index contributed by atoms with van der Waals surface area (Å²) in [5.74, 6) is 0.411. The maximum atomic E-state index is 10.9. The molecule has 0 aromatic heterocycles. The highest BCUT2D eigenvalue weighted by Gasteiger charge is 2.31. The summed E-state index contributed by atoms with van der Waals surface area (Å²) in [5, 5.41) is 0. The molecule has 3 nitrogen and oxygen atoms in total. The van der Waals surface area contributed by atoms with Crippen LogP contribution < -0.4 is 0 Å². The van der Waals surface area contributed by atoms with Crippen molar-refractivity contribution in [1.29, 1.82) is 0 Å². The third kappa shape index (κ3) is 2.61. The zero-order chi connectivity index (χ0) is 9.90. The fourth-order valence-corrected chi connectivity index (χ4v) is 2.40. The van der Waals surface area contributed by atoms with Gasteiger partial charge in [0.25, 0.3) is 0 Å². The van der Waals surface area contributed by atoms with E-state index in [-0.39, 0.29) is 0 Å². The van der Waals surface area contributed by atoms with E-state index in [9.17, 15) is 13.6 Å². The van der Waals surface area contributed by atoms with Gasteiger partial charge in [-0.05, 0) is 49.6 Å². The highest BCUT2D eigenvalue weighted by atomic mass is 32.2. The second-order valence-corrected chi connectivity index (χ2v) is 5.49. The SMILES string of the molecule is CC1(S(=O)[O-])CCC(CC=O)CC1. The number of hydrogen-bond acceptors (Lipinski definition) is 3. The predicted octanol–water partition coefficient (Wildman–Crippen LogP) is 1.40. The monoisotopic (exact) mass is 203 g/mol. The Labute approximate surface area is 81.2 Å². The van der Waals surface area contributed by atoms with E-state index in [1.165, 1.54) is 0 Å². The first-order valence-corrected chi connectivity index (χ1v) is 5.69. The van der Waals surface area contributed by atoms with Crippen molar-refractivity contribution < 1.29 is 13.6 Å². The second kappa shape index (κ2) is 4.33. The number of aldehydes is 1. The largest absolute Gasteiger partial charge is 0.772 e. The highest BCUT2D eigenvalue weighted by Crippen LogP contribution is 2.36. The summed E-state index contributed by atoms with van der Waals surface area (Å²) in [5.41, 5.74) is 0. The molecule has 0 spiro atoms. The number of rotatable bonds is 3. The average Bonchev–Trinajstić information content (AvgIpc) is 2.09. The molecule has 13 heavy (non-hydrogen) atoms. The molecule has 4 heteroatoms. The first-order chi connectivity index (χ1) is 6.08. The van der Waals surface area contributed by atoms with E-state index in [0.717, 1.165) is 19.1 Å². The zero-order valence-corrected chi connectivity index (χ0v) is 8.64. The smallest absolute Gasteiger partial charge is 0.120 e. The molecule has 1 atom stereocenters. The van der Waals surface area contributed by atoms with Gasteiger partial charge in [-0.3, -0.25) is 4.21 Å². The summed E-state index contributed by atoms with van der Waals surface area (Å²) in [7, 11) is 0. The van der Waals surface area contributed by atoms with Crippen LogP contribution in [0.15, 0.2) is 0 Å². The van der Waals surface area contributed by atoms with Crippen molar-refractivity contribution in [1.82, 2.24) is 0 Å². The lowest BCUT2D eigenvalue weighted by Crippen LogP contribution is -2.35. The Morgan fingerprint density at radius 2 is 2.08 bits per heavy atom. The van der Waals surface area contributed by atoms with E-state index in [1.807, 2.05) is 0 Å². The molecular formula is C9H15O3S-. The quantitative estimate of drug-likeness (QED) is 0.514. The predicted molar refractivity (Wildman–Crippen MR) is 50.0 cm³/mol. The number of carbonyl (C=O) groups excluding carboxylic acids is 1. The molecule has 0 amide bonds. The molecule has 1 unspecified atom stereocenters. The molecule has 0 saturated heterocycles. The Balaban J connectivity index is 2.46. The van der Waals surface area contributed by atoms with Crippen molar-refractivity contribution in [3.63, 3.8) is 0 Å². The Morgan fingerprint density at radius 3 is 2.46 bits per heavy atom. The van der Waals surface area contributed by atoms with E-state index >= 15 is 0 Å². The molecule has 1 aliphatic carbocycles. The van der Waals surface area contributed by atoms with Crippen LogP contribution in [0.4, 0.5) is 0 Å². The van der Waals surface area contributed by atoms with Gasteiger partial charge in [0.05, 0.1) is 0 Å². The Bertz CT molecular complexity index is 207. The van der Waals surface area contributed by atoms with Crippen molar-refractivity contribution in [3.8, 4) is 0 Å². The maximum Gasteiger partial charge on any atom is 0.120 e. The standard InChI is InChI=1S/C9H16O3S/c1-9(13(11)12)5-2-8(3-6-9)4-7-10/h7-8H,2-6H2,1H3,(H,11,12)/p-1. The minimum atomic E-state index is -1.97. The summed E-state index contributed by atoms with van der Waals surface area (Å²) in [4.78, 5) is 10.2. The lowest BCUT2D eigenvalue weighted by molar-refractivity contribution is -0.108. The van der Waals surface area contributed by atoms with Crippen molar-refractivity contribution >= 4 is 17.4 Å². The van der Waals surface area contributed by atoms with Crippen LogP contribution >= 0.6 is 0 Å². The van der Waals surface area contributed by atoms with E-state index in [0.29, 0.717) is 25.2 Å². The van der Waals surface area contributed by atoms with Crippen LogP contribution in [0, 0.1) is 5.92 Å². The fraction of sp³-hybridized carbons (Fsp3) is 0.889. The van der Waals surface area contributed by atoms with Crippen molar-refractivity contribution in [2.24, 2.45) is 5.92 Å². The molecule has 0 aromatic rings. The van der Waals surface area contributed by atoms with Gasteiger partial charge in [-0.25, -0.2) is 0 Å². The minimum Gasteiger partial charge on any atom is -0.772 e. The van der Waals surface area contributed by atoms with Crippen LogP contribution in [-0.2, 0) is 15.9 Å². The van der Waals surface area contributed by atoms with Crippen LogP contribution in [0.25, 0.3) is 0 Å². The normalized spacial score (nSPS) is 36.9. The molecule has 1 rings (SSSR count).